The summed E-state index contributed by atoms with van der Waals surface area (Å²) in [5, 5.41) is 11.6. The minimum Gasteiger partial charge on any atom is -0.469 e. The first-order chi connectivity index (χ1) is 9.13. The molecule has 19 heavy (non-hydrogen) atoms. The van der Waals surface area contributed by atoms with Crippen molar-refractivity contribution in [3.63, 3.8) is 0 Å². The molecule has 0 saturated carbocycles. The number of carbonyl (C=O) groups excluding carboxylic acids is 2. The van der Waals surface area contributed by atoms with E-state index in [-0.39, 0.29) is 30.3 Å². The SMILES string of the molecule is COC(=O)C[C@H]1C[C@H](c2ccc(C#N)cc2)NC1=O. The van der Waals surface area contributed by atoms with Crippen LogP contribution in [-0.4, -0.2) is 19.0 Å². The third-order valence-corrected chi connectivity index (χ3v) is 3.29. The summed E-state index contributed by atoms with van der Waals surface area (Å²) < 4.78 is 4.58. The monoisotopic (exact) mass is 258 g/mol. The van der Waals surface area contributed by atoms with Gasteiger partial charge >= 0.3 is 5.97 Å². The second-order valence-corrected chi connectivity index (χ2v) is 4.51. The van der Waals surface area contributed by atoms with Crippen LogP contribution in [0, 0.1) is 17.2 Å². The van der Waals surface area contributed by atoms with E-state index in [1.54, 1.807) is 12.1 Å². The number of nitrogens with zero attached hydrogens (tertiary/aromatic N) is 1. The van der Waals surface area contributed by atoms with E-state index in [9.17, 15) is 9.59 Å². The molecule has 1 amide bonds. The van der Waals surface area contributed by atoms with E-state index >= 15 is 0 Å². The van der Waals surface area contributed by atoms with Gasteiger partial charge in [-0.1, -0.05) is 12.1 Å². The van der Waals surface area contributed by atoms with Crippen LogP contribution < -0.4 is 5.32 Å². The van der Waals surface area contributed by atoms with Crippen LogP contribution in [0.1, 0.15) is 30.0 Å². The van der Waals surface area contributed by atoms with Crippen LogP contribution in [0.3, 0.4) is 0 Å². The van der Waals surface area contributed by atoms with Crippen molar-refractivity contribution in [1.82, 2.24) is 5.32 Å². The van der Waals surface area contributed by atoms with Crippen LogP contribution in [-0.2, 0) is 14.3 Å². The summed E-state index contributed by atoms with van der Waals surface area (Å²) in [6.45, 7) is 0. The zero-order valence-corrected chi connectivity index (χ0v) is 10.6. The Morgan fingerprint density at radius 3 is 2.74 bits per heavy atom. The van der Waals surface area contributed by atoms with Gasteiger partial charge in [-0.15, -0.1) is 0 Å². The third-order valence-electron chi connectivity index (χ3n) is 3.29. The van der Waals surface area contributed by atoms with Gasteiger partial charge < -0.3 is 10.1 Å². The van der Waals surface area contributed by atoms with E-state index in [2.05, 4.69) is 10.1 Å². The number of carbonyl (C=O) groups is 2. The Morgan fingerprint density at radius 2 is 2.16 bits per heavy atom. The molecule has 0 bridgehead atoms. The first kappa shape index (κ1) is 13.1. The predicted octanol–water partition coefficient (Wildman–Crippen LogP) is 1.30. The summed E-state index contributed by atoms with van der Waals surface area (Å²) in [7, 11) is 1.31. The van der Waals surface area contributed by atoms with Crippen LogP contribution in [0.5, 0.6) is 0 Å². The van der Waals surface area contributed by atoms with Crippen molar-refractivity contribution in [2.75, 3.05) is 7.11 Å². The molecule has 1 saturated heterocycles. The van der Waals surface area contributed by atoms with E-state index in [0.717, 1.165) is 5.56 Å². The maximum absolute atomic E-state index is 11.8. The van der Waals surface area contributed by atoms with Crippen LogP contribution in [0.15, 0.2) is 24.3 Å². The number of rotatable bonds is 3. The second-order valence-electron chi connectivity index (χ2n) is 4.51. The number of benzene rings is 1. The Bertz CT molecular complexity index is 531. The normalized spacial score (nSPS) is 21.6. The van der Waals surface area contributed by atoms with Crippen molar-refractivity contribution in [2.45, 2.75) is 18.9 Å². The van der Waals surface area contributed by atoms with Crippen LogP contribution >= 0.6 is 0 Å². The molecule has 2 rings (SSSR count). The molecule has 1 aromatic carbocycles. The van der Waals surface area contributed by atoms with Crippen LogP contribution in [0.4, 0.5) is 0 Å². The minimum atomic E-state index is -0.374. The highest BCUT2D eigenvalue weighted by atomic mass is 16.5. The van der Waals surface area contributed by atoms with E-state index in [1.807, 2.05) is 18.2 Å². The lowest BCUT2D eigenvalue weighted by molar-refractivity contribution is -0.143. The second kappa shape index (κ2) is 5.53. The fraction of sp³-hybridized carbons (Fsp3) is 0.357. The number of methoxy groups -OCH3 is 1. The first-order valence-corrected chi connectivity index (χ1v) is 6.01. The number of hydrogen-bond donors (Lipinski definition) is 1. The predicted molar refractivity (Wildman–Crippen MR) is 66.8 cm³/mol. The lowest BCUT2D eigenvalue weighted by Gasteiger charge is -2.10. The van der Waals surface area contributed by atoms with Crippen molar-refractivity contribution < 1.29 is 14.3 Å². The molecular weight excluding hydrogens is 244 g/mol. The highest BCUT2D eigenvalue weighted by Gasteiger charge is 2.34. The van der Waals surface area contributed by atoms with Crippen molar-refractivity contribution in [3.8, 4) is 6.07 Å². The third kappa shape index (κ3) is 2.91. The van der Waals surface area contributed by atoms with Gasteiger partial charge in [0.1, 0.15) is 0 Å². The molecule has 98 valence electrons. The fourth-order valence-electron chi connectivity index (χ4n) is 2.21. The van der Waals surface area contributed by atoms with Crippen molar-refractivity contribution >= 4 is 11.9 Å². The molecule has 0 radical (unpaired) electrons. The molecule has 5 nitrogen and oxygen atoms in total. The Labute approximate surface area is 111 Å². The van der Waals surface area contributed by atoms with E-state index in [1.165, 1.54) is 7.11 Å². The zero-order valence-electron chi connectivity index (χ0n) is 10.6. The first-order valence-electron chi connectivity index (χ1n) is 6.01. The summed E-state index contributed by atoms with van der Waals surface area (Å²) in [5.74, 6) is -0.839. The number of amides is 1. The zero-order chi connectivity index (χ0) is 13.8. The smallest absolute Gasteiger partial charge is 0.306 e. The molecule has 5 heteroatoms. The number of ether oxygens (including phenoxy) is 1. The summed E-state index contributed by atoms with van der Waals surface area (Å²) in [6.07, 6.45) is 0.676. The number of nitriles is 1. The Hall–Kier alpha value is -2.35. The van der Waals surface area contributed by atoms with Gasteiger partial charge in [0.15, 0.2) is 0 Å². The Kier molecular flexibility index (Phi) is 3.81. The van der Waals surface area contributed by atoms with Gasteiger partial charge in [0, 0.05) is 0 Å². The molecule has 1 heterocycles. The van der Waals surface area contributed by atoms with Gasteiger partial charge in [0.05, 0.1) is 37.1 Å². The maximum atomic E-state index is 11.8. The summed E-state index contributed by atoms with van der Waals surface area (Å²) in [6, 6.07) is 9.03. The summed E-state index contributed by atoms with van der Waals surface area (Å²) >= 11 is 0. The highest BCUT2D eigenvalue weighted by molar-refractivity contribution is 5.85. The van der Waals surface area contributed by atoms with Crippen LogP contribution in [0.25, 0.3) is 0 Å². The summed E-state index contributed by atoms with van der Waals surface area (Å²) in [4.78, 5) is 23.0. The number of nitrogens with one attached hydrogen (secondary N) is 1. The number of hydrogen-bond acceptors (Lipinski definition) is 4. The van der Waals surface area contributed by atoms with Crippen molar-refractivity contribution in [2.24, 2.45) is 5.92 Å². The van der Waals surface area contributed by atoms with Gasteiger partial charge in [-0.25, -0.2) is 0 Å². The molecule has 1 aromatic rings. The lowest BCUT2D eigenvalue weighted by Crippen LogP contribution is -2.23. The molecule has 0 unspecified atom stereocenters. The highest BCUT2D eigenvalue weighted by Crippen LogP contribution is 2.30. The quantitative estimate of drug-likeness (QED) is 0.829. The van der Waals surface area contributed by atoms with E-state index in [0.29, 0.717) is 12.0 Å². The molecule has 0 spiro atoms. The molecule has 0 aliphatic carbocycles. The van der Waals surface area contributed by atoms with Gasteiger partial charge in [-0.3, -0.25) is 9.59 Å². The van der Waals surface area contributed by atoms with Crippen LogP contribution in [0.2, 0.25) is 0 Å². The minimum absolute atomic E-state index is 0.102. The molecule has 0 aromatic heterocycles. The Morgan fingerprint density at radius 1 is 1.47 bits per heavy atom. The fourth-order valence-corrected chi connectivity index (χ4v) is 2.21. The molecule has 1 N–H and O–H groups in total. The van der Waals surface area contributed by atoms with Crippen molar-refractivity contribution in [1.29, 1.82) is 5.26 Å². The molecule has 2 atom stereocenters. The summed E-state index contributed by atoms with van der Waals surface area (Å²) in [5.41, 5.74) is 1.53. The molecule has 1 aliphatic heterocycles. The van der Waals surface area contributed by atoms with Gasteiger partial charge in [0.2, 0.25) is 5.91 Å². The number of esters is 1. The molecule has 1 aliphatic rings. The largest absolute Gasteiger partial charge is 0.469 e. The average molecular weight is 258 g/mol. The lowest BCUT2D eigenvalue weighted by atomic mass is 9.97. The van der Waals surface area contributed by atoms with Gasteiger partial charge in [0.25, 0.3) is 0 Å². The standard InChI is InChI=1S/C14H14N2O3/c1-19-13(17)7-11-6-12(16-14(11)18)10-4-2-9(8-15)3-5-10/h2-5,11-12H,6-7H2,1H3,(H,16,18)/t11-,12-/m1/s1. The van der Waals surface area contributed by atoms with Crippen molar-refractivity contribution in [3.05, 3.63) is 35.4 Å². The average Bonchev–Trinajstić information content (AvgIpc) is 2.80. The van der Waals surface area contributed by atoms with E-state index in [4.69, 9.17) is 5.26 Å². The Balaban J connectivity index is 2.05. The topological polar surface area (TPSA) is 79.2 Å². The molecule has 1 fully saturated rings. The van der Waals surface area contributed by atoms with Gasteiger partial charge in [-0.2, -0.15) is 5.26 Å². The van der Waals surface area contributed by atoms with Gasteiger partial charge in [-0.05, 0) is 24.1 Å². The molecular formula is C14H14N2O3. The van der Waals surface area contributed by atoms with E-state index < -0.39 is 0 Å². The maximum Gasteiger partial charge on any atom is 0.306 e.